The number of carbonyl (C=O) groups is 2. The highest BCUT2D eigenvalue weighted by molar-refractivity contribution is 7.91. The Balaban J connectivity index is 1.85. The van der Waals surface area contributed by atoms with Crippen molar-refractivity contribution < 1.29 is 18.0 Å². The number of nitrogens with zero attached hydrogens (tertiary/aromatic N) is 1. The van der Waals surface area contributed by atoms with Gasteiger partial charge in [0.15, 0.2) is 9.84 Å². The normalized spacial score (nSPS) is 19.8. The van der Waals surface area contributed by atoms with Crippen LogP contribution in [0.2, 0.25) is 5.02 Å². The number of halogens is 1. The quantitative estimate of drug-likeness (QED) is 0.670. The number of fused-ring (bicyclic) bond motifs is 1. The van der Waals surface area contributed by atoms with Crippen molar-refractivity contribution in [2.24, 2.45) is 0 Å². The van der Waals surface area contributed by atoms with E-state index in [0.29, 0.717) is 22.3 Å². The van der Waals surface area contributed by atoms with Gasteiger partial charge in [-0.05, 0) is 18.6 Å². The molecule has 1 amide bonds. The lowest BCUT2D eigenvalue weighted by molar-refractivity contribution is -0.126. The van der Waals surface area contributed by atoms with E-state index < -0.39 is 27.6 Å². The summed E-state index contributed by atoms with van der Waals surface area (Å²) in [5.74, 6) is -1.41. The predicted molar refractivity (Wildman–Crippen MR) is 87.5 cm³/mol. The number of likely N-dealkylation sites (N-methyl/N-ethyl adjacent to an activating group) is 1. The standard InChI is InChI=1S/C15H15ClN2O4S/c1-18(10-4-5-23(21,22)8-10)15(20)14(19)12-7-17-13-6-9(16)2-3-11(12)13/h2-3,6-7,10,17H,4-5,8H2,1H3. The molecule has 8 heteroatoms. The second-order valence-electron chi connectivity index (χ2n) is 5.69. The maximum Gasteiger partial charge on any atom is 0.295 e. The number of hydrogen-bond donors (Lipinski definition) is 1. The van der Waals surface area contributed by atoms with E-state index in [1.54, 1.807) is 18.2 Å². The van der Waals surface area contributed by atoms with Gasteiger partial charge in [0.05, 0.1) is 17.1 Å². The number of aromatic nitrogens is 1. The second-order valence-corrected chi connectivity index (χ2v) is 8.36. The van der Waals surface area contributed by atoms with Crippen LogP contribution in [-0.2, 0) is 14.6 Å². The number of hydrogen-bond acceptors (Lipinski definition) is 4. The van der Waals surface area contributed by atoms with Crippen LogP contribution in [0.4, 0.5) is 0 Å². The van der Waals surface area contributed by atoms with Gasteiger partial charge in [-0.25, -0.2) is 8.42 Å². The van der Waals surface area contributed by atoms with Gasteiger partial charge in [-0.15, -0.1) is 0 Å². The molecule has 6 nitrogen and oxygen atoms in total. The Kier molecular flexibility index (Phi) is 3.93. The van der Waals surface area contributed by atoms with Gasteiger partial charge in [0.2, 0.25) is 0 Å². The van der Waals surface area contributed by atoms with Crippen LogP contribution < -0.4 is 0 Å². The summed E-state index contributed by atoms with van der Waals surface area (Å²) < 4.78 is 23.1. The van der Waals surface area contributed by atoms with E-state index in [0.717, 1.165) is 0 Å². The van der Waals surface area contributed by atoms with Gasteiger partial charge in [0, 0.05) is 35.2 Å². The van der Waals surface area contributed by atoms with Gasteiger partial charge in [0.1, 0.15) is 0 Å². The zero-order valence-electron chi connectivity index (χ0n) is 12.4. The second kappa shape index (κ2) is 5.65. The van der Waals surface area contributed by atoms with Crippen LogP contribution in [0.3, 0.4) is 0 Å². The fourth-order valence-corrected chi connectivity index (χ4v) is 4.75. The molecule has 1 aromatic heterocycles. The summed E-state index contributed by atoms with van der Waals surface area (Å²) >= 11 is 5.90. The molecule has 0 saturated carbocycles. The SMILES string of the molecule is CN(C(=O)C(=O)c1c[nH]c2cc(Cl)ccc12)C1CCS(=O)(=O)C1. The molecule has 2 aromatic rings. The zero-order chi connectivity index (χ0) is 16.8. The molecule has 0 aliphatic carbocycles. The Bertz CT molecular complexity index is 903. The van der Waals surface area contributed by atoms with Gasteiger partial charge in [-0.1, -0.05) is 17.7 Å². The van der Waals surface area contributed by atoms with Crippen molar-refractivity contribution in [2.45, 2.75) is 12.5 Å². The number of ketones is 1. The molecule has 0 radical (unpaired) electrons. The smallest absolute Gasteiger partial charge is 0.295 e. The van der Waals surface area contributed by atoms with Crippen molar-refractivity contribution in [1.82, 2.24) is 9.88 Å². The summed E-state index contributed by atoms with van der Waals surface area (Å²) in [5, 5.41) is 1.14. The fraction of sp³-hybridized carbons (Fsp3) is 0.333. The first kappa shape index (κ1) is 16.0. The fourth-order valence-electron chi connectivity index (χ4n) is 2.81. The summed E-state index contributed by atoms with van der Waals surface area (Å²) in [7, 11) is -1.65. The average Bonchev–Trinajstić information content (AvgIpc) is 3.07. The van der Waals surface area contributed by atoms with E-state index in [4.69, 9.17) is 11.6 Å². The molecule has 1 aliphatic rings. The lowest BCUT2D eigenvalue weighted by atomic mass is 10.1. The number of amides is 1. The van der Waals surface area contributed by atoms with E-state index in [2.05, 4.69) is 4.98 Å². The van der Waals surface area contributed by atoms with Crippen LogP contribution in [0.5, 0.6) is 0 Å². The van der Waals surface area contributed by atoms with Crippen LogP contribution in [0.15, 0.2) is 24.4 Å². The molecule has 1 aliphatic heterocycles. The van der Waals surface area contributed by atoms with E-state index in [9.17, 15) is 18.0 Å². The number of aromatic amines is 1. The molecular weight excluding hydrogens is 340 g/mol. The number of carbonyl (C=O) groups excluding carboxylic acids is 2. The molecule has 0 spiro atoms. The highest BCUT2D eigenvalue weighted by atomic mass is 35.5. The summed E-state index contributed by atoms with van der Waals surface area (Å²) in [6.07, 6.45) is 1.84. The monoisotopic (exact) mass is 354 g/mol. The van der Waals surface area contributed by atoms with Gasteiger partial charge in [-0.3, -0.25) is 9.59 Å². The lowest BCUT2D eigenvalue weighted by Gasteiger charge is -2.22. The number of H-pyrrole nitrogens is 1. The third-order valence-corrected chi connectivity index (χ3v) is 6.14. The molecule has 122 valence electrons. The minimum absolute atomic E-state index is 0.0507. The first-order valence-electron chi connectivity index (χ1n) is 7.07. The predicted octanol–water partition coefficient (Wildman–Crippen LogP) is 1.65. The number of benzene rings is 1. The zero-order valence-corrected chi connectivity index (χ0v) is 13.9. The molecule has 1 aromatic carbocycles. The Hall–Kier alpha value is -1.86. The van der Waals surface area contributed by atoms with Crippen molar-refractivity contribution >= 4 is 44.0 Å². The molecular formula is C15H15ClN2O4S. The summed E-state index contributed by atoms with van der Waals surface area (Å²) in [6.45, 7) is 0. The first-order chi connectivity index (χ1) is 10.8. The van der Waals surface area contributed by atoms with Gasteiger partial charge < -0.3 is 9.88 Å². The molecule has 2 heterocycles. The Morgan fingerprint density at radius 2 is 2.09 bits per heavy atom. The van der Waals surface area contributed by atoms with Crippen molar-refractivity contribution in [3.05, 3.63) is 35.0 Å². The van der Waals surface area contributed by atoms with Crippen LogP contribution in [0.25, 0.3) is 10.9 Å². The van der Waals surface area contributed by atoms with Crippen LogP contribution in [-0.4, -0.2) is 54.6 Å². The molecule has 23 heavy (non-hydrogen) atoms. The highest BCUT2D eigenvalue weighted by Crippen LogP contribution is 2.24. The molecule has 1 fully saturated rings. The van der Waals surface area contributed by atoms with E-state index in [1.165, 1.54) is 18.1 Å². The maximum atomic E-state index is 12.5. The van der Waals surface area contributed by atoms with Crippen LogP contribution in [0, 0.1) is 0 Å². The van der Waals surface area contributed by atoms with Gasteiger partial charge in [-0.2, -0.15) is 0 Å². The number of nitrogens with one attached hydrogen (secondary N) is 1. The highest BCUT2D eigenvalue weighted by Gasteiger charge is 2.35. The summed E-state index contributed by atoms with van der Waals surface area (Å²) in [5.41, 5.74) is 0.925. The van der Waals surface area contributed by atoms with E-state index in [1.807, 2.05) is 0 Å². The van der Waals surface area contributed by atoms with Crippen molar-refractivity contribution in [3.8, 4) is 0 Å². The summed E-state index contributed by atoms with van der Waals surface area (Å²) in [6, 6.07) is 4.54. The maximum absolute atomic E-state index is 12.5. The number of sulfone groups is 1. The Labute approximate surface area is 138 Å². The van der Waals surface area contributed by atoms with Crippen LogP contribution >= 0.6 is 11.6 Å². The third-order valence-electron chi connectivity index (χ3n) is 4.16. The summed E-state index contributed by atoms with van der Waals surface area (Å²) in [4.78, 5) is 29.0. The Morgan fingerprint density at radius 3 is 2.74 bits per heavy atom. The Morgan fingerprint density at radius 1 is 1.35 bits per heavy atom. The number of Topliss-reactive ketones (excluding diaryl/α,β-unsaturated/α-hetero) is 1. The lowest BCUT2D eigenvalue weighted by Crippen LogP contribution is -2.41. The van der Waals surface area contributed by atoms with Crippen molar-refractivity contribution in [1.29, 1.82) is 0 Å². The van der Waals surface area contributed by atoms with Crippen LogP contribution in [0.1, 0.15) is 16.8 Å². The molecule has 3 rings (SSSR count). The minimum atomic E-state index is -3.12. The van der Waals surface area contributed by atoms with Crippen molar-refractivity contribution in [3.63, 3.8) is 0 Å². The first-order valence-corrected chi connectivity index (χ1v) is 9.27. The molecule has 1 unspecified atom stereocenters. The average molecular weight is 355 g/mol. The van der Waals surface area contributed by atoms with E-state index >= 15 is 0 Å². The third kappa shape index (κ3) is 2.98. The van der Waals surface area contributed by atoms with Crippen molar-refractivity contribution in [2.75, 3.05) is 18.6 Å². The minimum Gasteiger partial charge on any atom is -0.360 e. The molecule has 1 saturated heterocycles. The molecule has 1 atom stereocenters. The topological polar surface area (TPSA) is 87.3 Å². The van der Waals surface area contributed by atoms with Gasteiger partial charge in [0.25, 0.3) is 11.7 Å². The van der Waals surface area contributed by atoms with Gasteiger partial charge >= 0.3 is 0 Å². The van der Waals surface area contributed by atoms with E-state index in [-0.39, 0.29) is 17.1 Å². The largest absolute Gasteiger partial charge is 0.360 e. The molecule has 0 bridgehead atoms. The number of rotatable bonds is 3. The molecule has 1 N–H and O–H groups in total.